The number of primary amides is 1. The Kier molecular flexibility index (Phi) is 8.11. The molecule has 3 rings (SSSR count). The van der Waals surface area contributed by atoms with Gasteiger partial charge in [-0.25, -0.2) is 8.42 Å². The summed E-state index contributed by atoms with van der Waals surface area (Å²) >= 11 is 6.20. The van der Waals surface area contributed by atoms with E-state index in [0.717, 1.165) is 4.31 Å². The third kappa shape index (κ3) is 5.45. The fourth-order valence-electron chi connectivity index (χ4n) is 3.58. The number of aliphatic hydroxyl groups is 1. The molecule has 9 nitrogen and oxygen atoms in total. The Hall–Kier alpha value is -3.47. The van der Waals surface area contributed by atoms with Gasteiger partial charge in [-0.15, -0.1) is 0 Å². The van der Waals surface area contributed by atoms with Crippen LogP contribution in [0.1, 0.15) is 17.2 Å². The van der Waals surface area contributed by atoms with Gasteiger partial charge >= 0.3 is 0 Å². The number of carbonyl (C=O) groups excluding carboxylic acids is 1. The van der Waals surface area contributed by atoms with E-state index in [1.165, 1.54) is 57.7 Å². The van der Waals surface area contributed by atoms with Crippen LogP contribution in [0.3, 0.4) is 0 Å². The molecule has 0 saturated carbocycles. The van der Waals surface area contributed by atoms with E-state index in [0.29, 0.717) is 17.1 Å². The topological polar surface area (TPSA) is 128 Å². The number of carbonyl (C=O) groups is 1. The van der Waals surface area contributed by atoms with Crippen LogP contribution in [0.2, 0.25) is 5.02 Å². The number of methoxy groups -OCH3 is 3. The molecule has 0 aliphatic rings. The maximum absolute atomic E-state index is 13.7. The van der Waals surface area contributed by atoms with Gasteiger partial charge in [0.05, 0.1) is 31.9 Å². The van der Waals surface area contributed by atoms with Crippen molar-refractivity contribution in [1.82, 2.24) is 0 Å². The van der Waals surface area contributed by atoms with Crippen molar-refractivity contribution in [3.05, 3.63) is 76.8 Å². The molecular formula is C24H25ClN2O7S. The predicted molar refractivity (Wildman–Crippen MR) is 132 cm³/mol. The second-order valence-electron chi connectivity index (χ2n) is 7.34. The highest BCUT2D eigenvalue weighted by atomic mass is 35.5. The molecule has 0 saturated heterocycles. The van der Waals surface area contributed by atoms with E-state index in [-0.39, 0.29) is 26.9 Å². The van der Waals surface area contributed by atoms with Gasteiger partial charge in [0.1, 0.15) is 18.4 Å². The molecule has 3 aromatic rings. The van der Waals surface area contributed by atoms with E-state index in [9.17, 15) is 18.3 Å². The van der Waals surface area contributed by atoms with E-state index >= 15 is 0 Å². The quantitative estimate of drug-likeness (QED) is 0.420. The first-order chi connectivity index (χ1) is 16.6. The molecule has 11 heteroatoms. The lowest BCUT2D eigenvalue weighted by Gasteiger charge is -2.28. The molecule has 0 aromatic heterocycles. The van der Waals surface area contributed by atoms with E-state index < -0.39 is 28.6 Å². The zero-order valence-electron chi connectivity index (χ0n) is 19.3. The summed E-state index contributed by atoms with van der Waals surface area (Å²) in [6.45, 7) is -0.691. The third-order valence-corrected chi connectivity index (χ3v) is 7.22. The maximum atomic E-state index is 13.7. The summed E-state index contributed by atoms with van der Waals surface area (Å²) in [4.78, 5) is 11.8. The second kappa shape index (κ2) is 10.9. The van der Waals surface area contributed by atoms with Crippen molar-refractivity contribution in [2.24, 2.45) is 5.73 Å². The first kappa shape index (κ1) is 26.1. The van der Waals surface area contributed by atoms with Crippen LogP contribution in [0, 0.1) is 0 Å². The first-order valence-corrected chi connectivity index (χ1v) is 12.1. The SMILES string of the molecule is COc1ccc(S(=O)(=O)N(CC(N)=O)c2ccc(Cl)cc2C(O)c2ccccc2OC)cc1OC. The zero-order chi connectivity index (χ0) is 25.8. The van der Waals surface area contributed by atoms with Crippen molar-refractivity contribution in [1.29, 1.82) is 0 Å². The predicted octanol–water partition coefficient (Wildman–Crippen LogP) is 3.13. The van der Waals surface area contributed by atoms with Crippen molar-refractivity contribution in [3.8, 4) is 17.2 Å². The number of amides is 1. The molecule has 1 atom stereocenters. The number of nitrogens with zero attached hydrogens (tertiary/aromatic N) is 1. The fourth-order valence-corrected chi connectivity index (χ4v) is 5.23. The number of ether oxygens (including phenoxy) is 3. The summed E-state index contributed by atoms with van der Waals surface area (Å²) in [5.41, 5.74) is 5.94. The maximum Gasteiger partial charge on any atom is 0.264 e. The van der Waals surface area contributed by atoms with Crippen LogP contribution in [0.4, 0.5) is 5.69 Å². The molecule has 0 spiro atoms. The molecule has 1 unspecified atom stereocenters. The molecule has 3 aromatic carbocycles. The van der Waals surface area contributed by atoms with Gasteiger partial charge in [0, 0.05) is 22.2 Å². The Morgan fingerprint density at radius 1 is 0.943 bits per heavy atom. The third-order valence-electron chi connectivity index (χ3n) is 5.23. The van der Waals surface area contributed by atoms with Crippen molar-refractivity contribution in [3.63, 3.8) is 0 Å². The summed E-state index contributed by atoms with van der Waals surface area (Å²) in [5.74, 6) is -0.0125. The minimum absolute atomic E-state index is 0.0152. The minimum atomic E-state index is -4.36. The molecule has 1 amide bonds. The van der Waals surface area contributed by atoms with Crippen LogP contribution in [0.25, 0.3) is 0 Å². The Balaban J connectivity index is 2.22. The van der Waals surface area contributed by atoms with Gasteiger partial charge in [0.2, 0.25) is 5.91 Å². The number of hydrogen-bond donors (Lipinski definition) is 2. The van der Waals surface area contributed by atoms with E-state index in [4.69, 9.17) is 31.5 Å². The van der Waals surface area contributed by atoms with Crippen molar-refractivity contribution < 1.29 is 32.5 Å². The summed E-state index contributed by atoms with van der Waals surface area (Å²) in [6, 6.07) is 15.0. The summed E-state index contributed by atoms with van der Waals surface area (Å²) in [6.07, 6.45) is -1.34. The van der Waals surface area contributed by atoms with E-state index in [2.05, 4.69) is 0 Å². The normalized spacial score (nSPS) is 12.0. The standard InChI is InChI=1S/C24H25ClN2O7S/c1-32-20-7-5-4-6-17(20)24(29)18-12-15(25)8-10-19(18)27(14-23(26)28)35(30,31)16-9-11-21(33-2)22(13-16)34-3/h4-13,24,29H,14H2,1-3H3,(H2,26,28). The van der Waals surface area contributed by atoms with Crippen LogP contribution in [-0.2, 0) is 14.8 Å². The number of para-hydroxylation sites is 1. The number of benzene rings is 3. The fraction of sp³-hybridized carbons (Fsp3) is 0.208. The molecule has 0 heterocycles. The number of halogens is 1. The minimum Gasteiger partial charge on any atom is -0.496 e. The van der Waals surface area contributed by atoms with Crippen molar-refractivity contribution >= 4 is 33.2 Å². The number of anilines is 1. The van der Waals surface area contributed by atoms with Gasteiger partial charge in [-0.2, -0.15) is 0 Å². The highest BCUT2D eigenvalue weighted by molar-refractivity contribution is 7.92. The largest absolute Gasteiger partial charge is 0.496 e. The zero-order valence-corrected chi connectivity index (χ0v) is 20.8. The van der Waals surface area contributed by atoms with Crippen LogP contribution in [-0.4, -0.2) is 47.3 Å². The lowest BCUT2D eigenvalue weighted by molar-refractivity contribution is -0.116. The number of hydrogen-bond acceptors (Lipinski definition) is 7. The van der Waals surface area contributed by atoms with Gasteiger partial charge < -0.3 is 25.1 Å². The number of rotatable bonds is 10. The van der Waals surface area contributed by atoms with Crippen molar-refractivity contribution in [2.75, 3.05) is 32.2 Å². The Morgan fingerprint density at radius 2 is 1.60 bits per heavy atom. The molecule has 0 fully saturated rings. The van der Waals surface area contributed by atoms with Crippen LogP contribution in [0.15, 0.2) is 65.6 Å². The summed E-state index contributed by atoms with van der Waals surface area (Å²) in [7, 11) is -0.120. The Labute approximate surface area is 208 Å². The van der Waals surface area contributed by atoms with E-state index in [1.807, 2.05) is 0 Å². The van der Waals surface area contributed by atoms with Gasteiger partial charge in [0.25, 0.3) is 10.0 Å². The Bertz CT molecular complexity index is 1330. The monoisotopic (exact) mass is 520 g/mol. The number of aliphatic hydroxyl groups excluding tert-OH is 1. The second-order valence-corrected chi connectivity index (χ2v) is 9.64. The average Bonchev–Trinajstić information content (AvgIpc) is 2.86. The molecule has 0 aliphatic carbocycles. The molecule has 186 valence electrons. The number of sulfonamides is 1. The molecule has 0 radical (unpaired) electrons. The first-order valence-electron chi connectivity index (χ1n) is 10.3. The van der Waals surface area contributed by atoms with Crippen LogP contribution >= 0.6 is 11.6 Å². The molecular weight excluding hydrogens is 496 g/mol. The smallest absolute Gasteiger partial charge is 0.264 e. The van der Waals surface area contributed by atoms with Gasteiger partial charge in [0.15, 0.2) is 11.5 Å². The van der Waals surface area contributed by atoms with Crippen LogP contribution < -0.4 is 24.2 Å². The van der Waals surface area contributed by atoms with E-state index in [1.54, 1.807) is 24.3 Å². The van der Waals surface area contributed by atoms with Gasteiger partial charge in [-0.05, 0) is 36.4 Å². The average molecular weight is 521 g/mol. The summed E-state index contributed by atoms with van der Waals surface area (Å²) in [5, 5.41) is 11.5. The molecule has 3 N–H and O–H groups in total. The molecule has 0 bridgehead atoms. The van der Waals surface area contributed by atoms with Crippen molar-refractivity contribution in [2.45, 2.75) is 11.0 Å². The lowest BCUT2D eigenvalue weighted by Crippen LogP contribution is -2.39. The van der Waals surface area contributed by atoms with Gasteiger partial charge in [-0.3, -0.25) is 9.10 Å². The number of nitrogens with two attached hydrogens (primary N) is 1. The summed E-state index contributed by atoms with van der Waals surface area (Å²) < 4.78 is 44.0. The van der Waals surface area contributed by atoms with Gasteiger partial charge in [-0.1, -0.05) is 29.8 Å². The highest BCUT2D eigenvalue weighted by Crippen LogP contribution is 2.39. The Morgan fingerprint density at radius 3 is 2.23 bits per heavy atom. The lowest BCUT2D eigenvalue weighted by atomic mass is 9.99. The molecule has 0 aliphatic heterocycles. The van der Waals surface area contributed by atoms with Crippen LogP contribution in [0.5, 0.6) is 17.2 Å². The molecule has 35 heavy (non-hydrogen) atoms. The highest BCUT2D eigenvalue weighted by Gasteiger charge is 2.31.